The molecule has 3 nitrogen and oxygen atoms in total. The Bertz CT molecular complexity index is 784. The smallest absolute Gasteiger partial charge is 0.251 e. The first-order chi connectivity index (χ1) is 11.2. The summed E-state index contributed by atoms with van der Waals surface area (Å²) in [7, 11) is 0. The number of aromatic nitrogens is 1. The van der Waals surface area contributed by atoms with Crippen molar-refractivity contribution in [1.82, 2.24) is 10.3 Å². The SMILES string of the molecule is O=C(NCc1ccc(Cl)cc1)c1ccc(-c2cccnc2)cc1. The molecule has 1 amide bonds. The van der Waals surface area contributed by atoms with E-state index in [-0.39, 0.29) is 5.91 Å². The Morgan fingerprint density at radius 1 is 0.957 bits per heavy atom. The predicted octanol–water partition coefficient (Wildman–Crippen LogP) is 4.33. The summed E-state index contributed by atoms with van der Waals surface area (Å²) >= 11 is 5.84. The van der Waals surface area contributed by atoms with Gasteiger partial charge in [-0.15, -0.1) is 0 Å². The molecule has 4 heteroatoms. The first-order valence-corrected chi connectivity index (χ1v) is 7.63. The Morgan fingerprint density at radius 3 is 2.35 bits per heavy atom. The largest absolute Gasteiger partial charge is 0.348 e. The van der Waals surface area contributed by atoms with Gasteiger partial charge in [-0.1, -0.05) is 41.9 Å². The molecule has 0 saturated heterocycles. The molecule has 0 saturated carbocycles. The van der Waals surface area contributed by atoms with E-state index in [0.29, 0.717) is 17.1 Å². The van der Waals surface area contributed by atoms with E-state index in [1.807, 2.05) is 60.7 Å². The fraction of sp³-hybridized carbons (Fsp3) is 0.0526. The molecule has 0 radical (unpaired) electrons. The number of hydrogen-bond acceptors (Lipinski definition) is 2. The van der Waals surface area contributed by atoms with Crippen molar-refractivity contribution in [2.75, 3.05) is 0 Å². The summed E-state index contributed by atoms with van der Waals surface area (Å²) in [5, 5.41) is 3.59. The van der Waals surface area contributed by atoms with Crippen LogP contribution in [-0.4, -0.2) is 10.9 Å². The number of nitrogens with zero attached hydrogens (tertiary/aromatic N) is 1. The van der Waals surface area contributed by atoms with Crippen molar-refractivity contribution in [3.63, 3.8) is 0 Å². The molecule has 0 aliphatic heterocycles. The number of nitrogens with one attached hydrogen (secondary N) is 1. The number of pyridine rings is 1. The Balaban J connectivity index is 1.65. The average Bonchev–Trinajstić information content (AvgIpc) is 2.62. The van der Waals surface area contributed by atoms with E-state index in [9.17, 15) is 4.79 Å². The Kier molecular flexibility index (Phi) is 4.69. The van der Waals surface area contributed by atoms with Gasteiger partial charge in [0, 0.05) is 29.5 Å². The van der Waals surface area contributed by atoms with Gasteiger partial charge in [0.2, 0.25) is 0 Å². The van der Waals surface area contributed by atoms with E-state index in [1.165, 1.54) is 0 Å². The standard InChI is InChI=1S/C19H15ClN2O/c20-18-9-3-14(4-10-18)12-22-19(23)16-7-5-15(6-8-16)17-2-1-11-21-13-17/h1-11,13H,12H2,(H,22,23). The zero-order valence-electron chi connectivity index (χ0n) is 12.4. The second-order valence-electron chi connectivity index (χ2n) is 5.13. The van der Waals surface area contributed by atoms with Crippen molar-refractivity contribution >= 4 is 17.5 Å². The van der Waals surface area contributed by atoms with E-state index in [0.717, 1.165) is 16.7 Å². The number of benzene rings is 2. The van der Waals surface area contributed by atoms with Crippen LogP contribution in [0.1, 0.15) is 15.9 Å². The van der Waals surface area contributed by atoms with Gasteiger partial charge in [0.25, 0.3) is 5.91 Å². The molecule has 1 N–H and O–H groups in total. The third-order valence-corrected chi connectivity index (χ3v) is 3.76. The van der Waals surface area contributed by atoms with Crippen LogP contribution in [0.3, 0.4) is 0 Å². The molecular weight excluding hydrogens is 308 g/mol. The highest BCUT2D eigenvalue weighted by Crippen LogP contribution is 2.18. The van der Waals surface area contributed by atoms with Gasteiger partial charge >= 0.3 is 0 Å². The molecule has 0 fully saturated rings. The molecule has 1 aromatic heterocycles. The molecule has 0 aliphatic carbocycles. The van der Waals surface area contributed by atoms with Gasteiger partial charge in [0.05, 0.1) is 0 Å². The summed E-state index contributed by atoms with van der Waals surface area (Å²) < 4.78 is 0. The van der Waals surface area contributed by atoms with Gasteiger partial charge in [-0.2, -0.15) is 0 Å². The van der Waals surface area contributed by atoms with Crippen LogP contribution in [0.25, 0.3) is 11.1 Å². The van der Waals surface area contributed by atoms with Crippen LogP contribution in [0.5, 0.6) is 0 Å². The predicted molar refractivity (Wildman–Crippen MR) is 92.3 cm³/mol. The zero-order chi connectivity index (χ0) is 16.1. The van der Waals surface area contributed by atoms with Crippen LogP contribution in [0, 0.1) is 0 Å². The van der Waals surface area contributed by atoms with Gasteiger partial charge in [0.15, 0.2) is 0 Å². The molecule has 0 spiro atoms. The van der Waals surface area contributed by atoms with Crippen molar-refractivity contribution in [1.29, 1.82) is 0 Å². The lowest BCUT2D eigenvalue weighted by Gasteiger charge is -2.07. The lowest BCUT2D eigenvalue weighted by atomic mass is 10.1. The highest BCUT2D eigenvalue weighted by Gasteiger charge is 2.06. The molecule has 0 unspecified atom stereocenters. The molecule has 2 aromatic carbocycles. The van der Waals surface area contributed by atoms with Crippen LogP contribution in [-0.2, 0) is 6.54 Å². The monoisotopic (exact) mass is 322 g/mol. The van der Waals surface area contributed by atoms with E-state index in [2.05, 4.69) is 10.3 Å². The minimum absolute atomic E-state index is 0.0994. The second kappa shape index (κ2) is 7.07. The topological polar surface area (TPSA) is 42.0 Å². The van der Waals surface area contributed by atoms with Crippen molar-refractivity contribution < 1.29 is 4.79 Å². The molecule has 0 aliphatic rings. The van der Waals surface area contributed by atoms with E-state index < -0.39 is 0 Å². The highest BCUT2D eigenvalue weighted by molar-refractivity contribution is 6.30. The third kappa shape index (κ3) is 3.96. The number of rotatable bonds is 4. The van der Waals surface area contributed by atoms with Crippen LogP contribution in [0.4, 0.5) is 0 Å². The maximum atomic E-state index is 12.2. The Hall–Kier alpha value is -2.65. The van der Waals surface area contributed by atoms with Crippen molar-refractivity contribution in [3.8, 4) is 11.1 Å². The molecule has 0 atom stereocenters. The fourth-order valence-electron chi connectivity index (χ4n) is 2.23. The molecule has 23 heavy (non-hydrogen) atoms. The number of hydrogen-bond donors (Lipinski definition) is 1. The second-order valence-corrected chi connectivity index (χ2v) is 5.56. The number of carbonyl (C=O) groups excluding carboxylic acids is 1. The summed E-state index contributed by atoms with van der Waals surface area (Å²) in [5.74, 6) is -0.0994. The maximum absolute atomic E-state index is 12.2. The summed E-state index contributed by atoms with van der Waals surface area (Å²) in [6.45, 7) is 0.473. The summed E-state index contributed by atoms with van der Waals surface area (Å²) in [6.07, 6.45) is 3.54. The molecule has 0 bridgehead atoms. The lowest BCUT2D eigenvalue weighted by molar-refractivity contribution is 0.0951. The normalized spacial score (nSPS) is 10.3. The first-order valence-electron chi connectivity index (χ1n) is 7.25. The maximum Gasteiger partial charge on any atom is 0.251 e. The van der Waals surface area contributed by atoms with Gasteiger partial charge in [-0.3, -0.25) is 9.78 Å². The lowest BCUT2D eigenvalue weighted by Crippen LogP contribution is -2.22. The minimum Gasteiger partial charge on any atom is -0.348 e. The first kappa shape index (κ1) is 15.3. The minimum atomic E-state index is -0.0994. The van der Waals surface area contributed by atoms with Crippen LogP contribution < -0.4 is 5.32 Å². The zero-order valence-corrected chi connectivity index (χ0v) is 13.1. The highest BCUT2D eigenvalue weighted by atomic mass is 35.5. The third-order valence-electron chi connectivity index (χ3n) is 3.51. The fourth-order valence-corrected chi connectivity index (χ4v) is 2.36. The van der Waals surface area contributed by atoms with Gasteiger partial charge in [-0.05, 0) is 47.0 Å². The van der Waals surface area contributed by atoms with Gasteiger partial charge in [0.1, 0.15) is 0 Å². The summed E-state index contributed by atoms with van der Waals surface area (Å²) in [4.78, 5) is 16.3. The van der Waals surface area contributed by atoms with Crippen LogP contribution in [0.2, 0.25) is 5.02 Å². The van der Waals surface area contributed by atoms with Crippen molar-refractivity contribution in [3.05, 3.63) is 89.2 Å². The number of halogens is 1. The number of amides is 1. The van der Waals surface area contributed by atoms with Crippen LogP contribution >= 0.6 is 11.6 Å². The van der Waals surface area contributed by atoms with Gasteiger partial charge < -0.3 is 5.32 Å². The van der Waals surface area contributed by atoms with E-state index in [4.69, 9.17) is 11.6 Å². The van der Waals surface area contributed by atoms with Gasteiger partial charge in [-0.25, -0.2) is 0 Å². The van der Waals surface area contributed by atoms with Crippen molar-refractivity contribution in [2.45, 2.75) is 6.54 Å². The van der Waals surface area contributed by atoms with E-state index >= 15 is 0 Å². The molecule has 114 valence electrons. The summed E-state index contributed by atoms with van der Waals surface area (Å²) in [5.41, 5.74) is 3.70. The number of carbonyl (C=O) groups is 1. The van der Waals surface area contributed by atoms with Crippen molar-refractivity contribution in [2.24, 2.45) is 0 Å². The molecular formula is C19H15ClN2O. The average molecular weight is 323 g/mol. The Morgan fingerprint density at radius 2 is 1.70 bits per heavy atom. The van der Waals surface area contributed by atoms with Crippen LogP contribution in [0.15, 0.2) is 73.1 Å². The molecule has 3 rings (SSSR count). The Labute approximate surface area is 140 Å². The van der Waals surface area contributed by atoms with E-state index in [1.54, 1.807) is 12.4 Å². The molecule has 3 aromatic rings. The summed E-state index contributed by atoms with van der Waals surface area (Å²) in [6, 6.07) is 18.8. The quantitative estimate of drug-likeness (QED) is 0.776. The molecule has 1 heterocycles.